The highest BCUT2D eigenvalue weighted by molar-refractivity contribution is 5.66. The minimum Gasteiger partial charge on any atom is -0.481 e. The second-order valence-corrected chi connectivity index (χ2v) is 3.75. The molecular weight excluding hydrogens is 178 g/mol. The molecule has 80 valence electrons. The lowest BCUT2D eigenvalue weighted by atomic mass is 10.2. The zero-order valence-corrected chi connectivity index (χ0v) is 8.59. The van der Waals surface area contributed by atoms with Crippen LogP contribution >= 0.6 is 0 Å². The summed E-state index contributed by atoms with van der Waals surface area (Å²) in [5.74, 6) is -0.703. The first kappa shape index (κ1) is 11.2. The average molecular weight is 197 g/mol. The van der Waals surface area contributed by atoms with Gasteiger partial charge in [0.25, 0.3) is 0 Å². The number of hydrogen-bond donors (Lipinski definition) is 2. The molecule has 3 heteroatoms. The SMILES string of the molecule is O=C(O)CCCNCCC1=CCCC1. The van der Waals surface area contributed by atoms with Gasteiger partial charge in [-0.25, -0.2) is 0 Å². The van der Waals surface area contributed by atoms with Gasteiger partial charge in [-0.05, 0) is 45.2 Å². The molecule has 0 unspecified atom stereocenters. The molecule has 0 saturated heterocycles. The number of carboxylic acid groups (broad SMARTS) is 1. The summed E-state index contributed by atoms with van der Waals surface area (Å²) in [6.45, 7) is 1.81. The Hall–Kier alpha value is -0.830. The average Bonchev–Trinajstić information content (AvgIpc) is 2.63. The van der Waals surface area contributed by atoms with Crippen molar-refractivity contribution in [2.75, 3.05) is 13.1 Å². The van der Waals surface area contributed by atoms with Crippen LogP contribution in [0.1, 0.15) is 38.5 Å². The van der Waals surface area contributed by atoms with Crippen LogP contribution in [0.3, 0.4) is 0 Å². The largest absolute Gasteiger partial charge is 0.481 e. The summed E-state index contributed by atoms with van der Waals surface area (Å²) in [6, 6.07) is 0. The number of carboxylic acids is 1. The van der Waals surface area contributed by atoms with E-state index in [0.717, 1.165) is 25.9 Å². The highest BCUT2D eigenvalue weighted by Crippen LogP contribution is 2.19. The molecule has 0 heterocycles. The summed E-state index contributed by atoms with van der Waals surface area (Å²) in [6.07, 6.45) is 8.29. The lowest BCUT2D eigenvalue weighted by molar-refractivity contribution is -0.137. The number of aliphatic carboxylic acids is 1. The van der Waals surface area contributed by atoms with Crippen molar-refractivity contribution >= 4 is 5.97 Å². The van der Waals surface area contributed by atoms with Gasteiger partial charge in [0, 0.05) is 6.42 Å². The Balaban J connectivity index is 1.86. The van der Waals surface area contributed by atoms with Crippen LogP contribution in [0.25, 0.3) is 0 Å². The van der Waals surface area contributed by atoms with E-state index in [1.807, 2.05) is 0 Å². The van der Waals surface area contributed by atoms with E-state index in [0.29, 0.717) is 0 Å². The van der Waals surface area contributed by atoms with Crippen molar-refractivity contribution in [3.8, 4) is 0 Å². The van der Waals surface area contributed by atoms with Crippen molar-refractivity contribution in [3.63, 3.8) is 0 Å². The maximum Gasteiger partial charge on any atom is 0.303 e. The van der Waals surface area contributed by atoms with Crippen LogP contribution in [0.5, 0.6) is 0 Å². The van der Waals surface area contributed by atoms with E-state index in [1.54, 1.807) is 5.57 Å². The fourth-order valence-corrected chi connectivity index (χ4v) is 1.70. The molecule has 0 radical (unpaired) electrons. The third-order valence-corrected chi connectivity index (χ3v) is 2.50. The minimum absolute atomic E-state index is 0.274. The van der Waals surface area contributed by atoms with Gasteiger partial charge < -0.3 is 10.4 Å². The van der Waals surface area contributed by atoms with Crippen molar-refractivity contribution in [3.05, 3.63) is 11.6 Å². The Morgan fingerprint density at radius 3 is 3.00 bits per heavy atom. The molecule has 0 aromatic rings. The highest BCUT2D eigenvalue weighted by atomic mass is 16.4. The number of allylic oxidation sites excluding steroid dienone is 1. The normalized spacial score (nSPS) is 15.6. The van der Waals surface area contributed by atoms with E-state index in [2.05, 4.69) is 11.4 Å². The summed E-state index contributed by atoms with van der Waals surface area (Å²) in [5.41, 5.74) is 1.57. The summed E-state index contributed by atoms with van der Waals surface area (Å²) in [7, 11) is 0. The van der Waals surface area contributed by atoms with E-state index in [-0.39, 0.29) is 6.42 Å². The fraction of sp³-hybridized carbons (Fsp3) is 0.727. The molecule has 0 amide bonds. The maximum atomic E-state index is 10.2. The molecule has 0 saturated carbocycles. The Morgan fingerprint density at radius 2 is 2.36 bits per heavy atom. The molecule has 1 rings (SSSR count). The Kier molecular flexibility index (Phi) is 5.30. The summed E-state index contributed by atoms with van der Waals surface area (Å²) >= 11 is 0. The molecule has 2 N–H and O–H groups in total. The predicted octanol–water partition coefficient (Wildman–Crippen LogP) is 1.94. The monoisotopic (exact) mass is 197 g/mol. The van der Waals surface area contributed by atoms with Gasteiger partial charge in [-0.2, -0.15) is 0 Å². The molecule has 14 heavy (non-hydrogen) atoms. The van der Waals surface area contributed by atoms with Gasteiger partial charge in [-0.1, -0.05) is 11.6 Å². The van der Waals surface area contributed by atoms with Crippen LogP contribution in [0.2, 0.25) is 0 Å². The lowest BCUT2D eigenvalue weighted by Crippen LogP contribution is -2.17. The quantitative estimate of drug-likeness (QED) is 0.484. The number of carbonyl (C=O) groups is 1. The first-order chi connectivity index (χ1) is 6.79. The molecule has 0 atom stereocenters. The van der Waals surface area contributed by atoms with Crippen molar-refractivity contribution in [2.24, 2.45) is 0 Å². The van der Waals surface area contributed by atoms with Gasteiger partial charge in [0.1, 0.15) is 0 Å². The Morgan fingerprint density at radius 1 is 1.50 bits per heavy atom. The van der Waals surface area contributed by atoms with Crippen LogP contribution in [0.15, 0.2) is 11.6 Å². The van der Waals surface area contributed by atoms with Crippen LogP contribution in [0, 0.1) is 0 Å². The van der Waals surface area contributed by atoms with Gasteiger partial charge in [0.15, 0.2) is 0 Å². The minimum atomic E-state index is -0.703. The topological polar surface area (TPSA) is 49.3 Å². The molecule has 0 spiro atoms. The van der Waals surface area contributed by atoms with Crippen LogP contribution in [-0.2, 0) is 4.79 Å². The highest BCUT2D eigenvalue weighted by Gasteiger charge is 2.03. The second kappa shape index (κ2) is 6.60. The molecular formula is C11H19NO2. The van der Waals surface area contributed by atoms with Crippen LogP contribution in [-0.4, -0.2) is 24.2 Å². The van der Waals surface area contributed by atoms with Gasteiger partial charge >= 0.3 is 5.97 Å². The van der Waals surface area contributed by atoms with E-state index < -0.39 is 5.97 Å². The molecule has 1 aliphatic carbocycles. The molecule has 0 aromatic carbocycles. The van der Waals surface area contributed by atoms with E-state index >= 15 is 0 Å². The predicted molar refractivity (Wildman–Crippen MR) is 56.3 cm³/mol. The molecule has 0 aliphatic heterocycles. The Bertz CT molecular complexity index is 211. The van der Waals surface area contributed by atoms with Crippen molar-refractivity contribution < 1.29 is 9.90 Å². The third-order valence-electron chi connectivity index (χ3n) is 2.50. The first-order valence-electron chi connectivity index (χ1n) is 5.39. The third kappa shape index (κ3) is 5.02. The first-order valence-corrected chi connectivity index (χ1v) is 5.39. The summed E-state index contributed by atoms with van der Waals surface area (Å²) < 4.78 is 0. The van der Waals surface area contributed by atoms with Crippen LogP contribution in [0.4, 0.5) is 0 Å². The zero-order chi connectivity index (χ0) is 10.2. The van der Waals surface area contributed by atoms with E-state index in [4.69, 9.17) is 5.11 Å². The molecule has 1 aliphatic rings. The fourth-order valence-electron chi connectivity index (χ4n) is 1.70. The molecule has 0 fully saturated rings. The number of hydrogen-bond acceptors (Lipinski definition) is 2. The molecule has 0 bridgehead atoms. The number of rotatable bonds is 7. The van der Waals surface area contributed by atoms with Gasteiger partial charge in [0.05, 0.1) is 0 Å². The van der Waals surface area contributed by atoms with E-state index in [1.165, 1.54) is 19.3 Å². The van der Waals surface area contributed by atoms with E-state index in [9.17, 15) is 4.79 Å². The summed E-state index contributed by atoms with van der Waals surface area (Å²) in [4.78, 5) is 10.2. The van der Waals surface area contributed by atoms with Crippen molar-refractivity contribution in [1.29, 1.82) is 0 Å². The number of nitrogens with one attached hydrogen (secondary N) is 1. The van der Waals surface area contributed by atoms with Gasteiger partial charge in [-0.3, -0.25) is 4.79 Å². The maximum absolute atomic E-state index is 10.2. The standard InChI is InChI=1S/C11H19NO2/c13-11(14)6-3-8-12-9-7-10-4-1-2-5-10/h4,12H,1-3,5-9H2,(H,13,14). The summed E-state index contributed by atoms with van der Waals surface area (Å²) in [5, 5.41) is 11.7. The van der Waals surface area contributed by atoms with Gasteiger partial charge in [-0.15, -0.1) is 0 Å². The Labute approximate surface area is 85.2 Å². The molecule has 0 aromatic heterocycles. The zero-order valence-electron chi connectivity index (χ0n) is 8.59. The molecule has 3 nitrogen and oxygen atoms in total. The lowest BCUT2D eigenvalue weighted by Gasteiger charge is -2.04. The smallest absolute Gasteiger partial charge is 0.303 e. The van der Waals surface area contributed by atoms with Crippen molar-refractivity contribution in [2.45, 2.75) is 38.5 Å². The van der Waals surface area contributed by atoms with Gasteiger partial charge in [0.2, 0.25) is 0 Å². The van der Waals surface area contributed by atoms with Crippen molar-refractivity contribution in [1.82, 2.24) is 5.32 Å². The second-order valence-electron chi connectivity index (χ2n) is 3.75. The van der Waals surface area contributed by atoms with Crippen LogP contribution < -0.4 is 5.32 Å².